The van der Waals surface area contributed by atoms with Crippen molar-refractivity contribution >= 4 is 5.91 Å². The molecule has 0 radical (unpaired) electrons. The molecule has 26 heavy (non-hydrogen) atoms. The highest BCUT2D eigenvalue weighted by atomic mass is 16.2. The lowest BCUT2D eigenvalue weighted by atomic mass is 9.95. The molecule has 2 aromatic heterocycles. The van der Waals surface area contributed by atoms with Crippen molar-refractivity contribution in [2.45, 2.75) is 38.3 Å². The van der Waals surface area contributed by atoms with E-state index in [1.165, 1.54) is 12.8 Å². The van der Waals surface area contributed by atoms with Crippen molar-refractivity contribution in [1.29, 1.82) is 0 Å². The van der Waals surface area contributed by atoms with Crippen LogP contribution in [-0.2, 0) is 24.8 Å². The number of hydrogen-bond acceptors (Lipinski definition) is 4. The van der Waals surface area contributed by atoms with Crippen LogP contribution in [0.2, 0.25) is 0 Å². The lowest BCUT2D eigenvalue weighted by molar-refractivity contribution is -0.131. The van der Waals surface area contributed by atoms with Gasteiger partial charge in [-0.25, -0.2) is 0 Å². The van der Waals surface area contributed by atoms with Crippen molar-refractivity contribution in [2.75, 3.05) is 19.6 Å². The molecule has 5 rings (SSSR count). The molecule has 2 aromatic rings. The third-order valence-electron chi connectivity index (χ3n) is 5.66. The van der Waals surface area contributed by atoms with Crippen molar-refractivity contribution in [3.63, 3.8) is 0 Å². The van der Waals surface area contributed by atoms with E-state index >= 15 is 0 Å². The van der Waals surface area contributed by atoms with Gasteiger partial charge in [0.25, 0.3) is 0 Å². The Morgan fingerprint density at radius 3 is 2.92 bits per heavy atom. The predicted octanol–water partition coefficient (Wildman–Crippen LogP) is 1.87. The average Bonchev–Trinajstić information content (AvgIpc) is 2.87. The summed E-state index contributed by atoms with van der Waals surface area (Å²) >= 11 is 0. The number of nitrogens with zero attached hydrogens (tertiary/aromatic N) is 5. The van der Waals surface area contributed by atoms with Crippen LogP contribution in [0.25, 0.3) is 0 Å². The summed E-state index contributed by atoms with van der Waals surface area (Å²) in [5.41, 5.74) is 2.25. The lowest BCUT2D eigenvalue weighted by Gasteiger charge is -2.35. The third kappa shape index (κ3) is 3.96. The van der Waals surface area contributed by atoms with Crippen molar-refractivity contribution < 1.29 is 4.79 Å². The van der Waals surface area contributed by atoms with Crippen LogP contribution in [-0.4, -0.2) is 56.1 Å². The van der Waals surface area contributed by atoms with E-state index in [1.54, 1.807) is 4.68 Å². The molecular weight excluding hydrogens is 326 g/mol. The maximum atomic E-state index is 12.8. The Morgan fingerprint density at radius 1 is 1.23 bits per heavy atom. The van der Waals surface area contributed by atoms with Gasteiger partial charge in [0.1, 0.15) is 0 Å². The minimum atomic E-state index is 0.283. The summed E-state index contributed by atoms with van der Waals surface area (Å²) in [6.07, 6.45) is 9.48. The number of hydrogen-bond donors (Lipinski definition) is 0. The van der Waals surface area contributed by atoms with Gasteiger partial charge in [-0.15, -0.1) is 0 Å². The van der Waals surface area contributed by atoms with Gasteiger partial charge in [-0.3, -0.25) is 19.4 Å². The molecule has 5 heterocycles. The van der Waals surface area contributed by atoms with Crippen LogP contribution in [0, 0.1) is 5.92 Å². The molecule has 3 aliphatic rings. The molecule has 1 amide bonds. The first-order chi connectivity index (χ1) is 12.7. The molecule has 0 saturated carbocycles. The Balaban J connectivity index is 1.37. The largest absolute Gasteiger partial charge is 0.341 e. The monoisotopic (exact) mass is 353 g/mol. The molecule has 2 bridgehead atoms. The van der Waals surface area contributed by atoms with E-state index in [2.05, 4.69) is 25.9 Å². The molecule has 0 unspecified atom stereocenters. The van der Waals surface area contributed by atoms with Crippen LogP contribution < -0.4 is 0 Å². The summed E-state index contributed by atoms with van der Waals surface area (Å²) in [6.45, 7) is 3.73. The third-order valence-corrected chi connectivity index (χ3v) is 5.66. The van der Waals surface area contributed by atoms with Gasteiger partial charge < -0.3 is 4.90 Å². The number of amides is 1. The highest BCUT2D eigenvalue weighted by Crippen LogP contribution is 2.29. The Bertz CT molecular complexity index is 744. The molecule has 3 saturated heterocycles. The number of carbonyl (C=O) groups excluding carboxylic acids is 1. The molecule has 138 valence electrons. The smallest absolute Gasteiger partial charge is 0.222 e. The molecule has 0 aliphatic carbocycles. The second-order valence-corrected chi connectivity index (χ2v) is 7.67. The SMILES string of the molecule is Cn1cc(CCC(=O)N2C[C@H]3CC[C@@H](C2)N(Cc2ccccn2)C3)cn1. The number of pyridine rings is 1. The summed E-state index contributed by atoms with van der Waals surface area (Å²) in [5, 5.41) is 4.19. The Hall–Kier alpha value is -2.21. The number of aromatic nitrogens is 3. The zero-order valence-corrected chi connectivity index (χ0v) is 15.4. The minimum Gasteiger partial charge on any atom is -0.341 e. The summed E-state index contributed by atoms with van der Waals surface area (Å²) in [4.78, 5) is 21.9. The minimum absolute atomic E-state index is 0.283. The topological polar surface area (TPSA) is 54.3 Å². The fourth-order valence-corrected chi connectivity index (χ4v) is 4.29. The number of piperidine rings is 1. The van der Waals surface area contributed by atoms with Crippen molar-refractivity contribution in [3.05, 3.63) is 48.0 Å². The van der Waals surface area contributed by atoms with Crippen molar-refractivity contribution in [3.8, 4) is 0 Å². The number of aryl methyl sites for hydroxylation is 2. The van der Waals surface area contributed by atoms with E-state index in [9.17, 15) is 4.79 Å². The fourth-order valence-electron chi connectivity index (χ4n) is 4.29. The van der Waals surface area contributed by atoms with Crippen LogP contribution in [0.15, 0.2) is 36.8 Å². The molecule has 0 N–H and O–H groups in total. The molecule has 6 nitrogen and oxygen atoms in total. The first-order valence-corrected chi connectivity index (χ1v) is 9.56. The highest BCUT2D eigenvalue weighted by molar-refractivity contribution is 5.76. The Labute approximate surface area is 154 Å². The Morgan fingerprint density at radius 2 is 2.15 bits per heavy atom. The van der Waals surface area contributed by atoms with Gasteiger partial charge in [0.05, 0.1) is 11.9 Å². The van der Waals surface area contributed by atoms with Gasteiger partial charge in [0.2, 0.25) is 5.91 Å². The molecule has 3 fully saturated rings. The van der Waals surface area contributed by atoms with E-state index < -0.39 is 0 Å². The van der Waals surface area contributed by atoms with E-state index in [1.807, 2.05) is 37.8 Å². The zero-order chi connectivity index (χ0) is 17.9. The maximum Gasteiger partial charge on any atom is 0.222 e. The van der Waals surface area contributed by atoms with Gasteiger partial charge in [-0.05, 0) is 42.9 Å². The van der Waals surface area contributed by atoms with Crippen LogP contribution in [0.4, 0.5) is 0 Å². The van der Waals surface area contributed by atoms with Crippen LogP contribution >= 0.6 is 0 Å². The predicted molar refractivity (Wildman–Crippen MR) is 99.3 cm³/mol. The first kappa shape index (κ1) is 17.2. The number of carbonyl (C=O) groups is 1. The van der Waals surface area contributed by atoms with E-state index in [0.717, 1.165) is 43.9 Å². The molecule has 0 aromatic carbocycles. The second-order valence-electron chi connectivity index (χ2n) is 7.67. The van der Waals surface area contributed by atoms with Crippen LogP contribution in [0.5, 0.6) is 0 Å². The van der Waals surface area contributed by atoms with Crippen LogP contribution in [0.1, 0.15) is 30.5 Å². The summed E-state index contributed by atoms with van der Waals surface area (Å²) < 4.78 is 1.79. The molecule has 0 spiro atoms. The molecular formula is C20H27N5O. The molecule has 3 aliphatic heterocycles. The normalized spacial score (nSPS) is 23.2. The van der Waals surface area contributed by atoms with Crippen molar-refractivity contribution in [1.82, 2.24) is 24.6 Å². The number of fused-ring (bicyclic) bond motifs is 4. The quantitative estimate of drug-likeness (QED) is 0.823. The Kier molecular flexibility index (Phi) is 5.02. The first-order valence-electron chi connectivity index (χ1n) is 9.56. The summed E-state index contributed by atoms with van der Waals surface area (Å²) in [6, 6.07) is 6.56. The standard InChI is InChI=1S/C20H27N5O/c1-23-11-16(10-22-23)6-8-20(26)25-13-17-5-7-19(15-25)24(12-17)14-18-4-2-3-9-21-18/h2-4,9-11,17,19H,5-8,12-15H2,1H3/t17-,19-/m0/s1. The van der Waals surface area contributed by atoms with Gasteiger partial charge in [-0.1, -0.05) is 6.07 Å². The summed E-state index contributed by atoms with van der Waals surface area (Å²) in [7, 11) is 1.91. The zero-order valence-electron chi connectivity index (χ0n) is 15.4. The van der Waals surface area contributed by atoms with E-state index in [4.69, 9.17) is 0 Å². The number of rotatable bonds is 5. The molecule has 6 heteroatoms. The average molecular weight is 353 g/mol. The van der Waals surface area contributed by atoms with E-state index in [0.29, 0.717) is 18.4 Å². The summed E-state index contributed by atoms with van der Waals surface area (Å²) in [5.74, 6) is 0.866. The van der Waals surface area contributed by atoms with E-state index in [-0.39, 0.29) is 5.91 Å². The van der Waals surface area contributed by atoms with Gasteiger partial charge in [0.15, 0.2) is 0 Å². The highest BCUT2D eigenvalue weighted by Gasteiger charge is 2.36. The maximum absolute atomic E-state index is 12.8. The van der Waals surface area contributed by atoms with Crippen LogP contribution in [0.3, 0.4) is 0 Å². The van der Waals surface area contributed by atoms with Gasteiger partial charge >= 0.3 is 0 Å². The second kappa shape index (κ2) is 7.58. The van der Waals surface area contributed by atoms with Gasteiger partial charge in [0, 0.05) is 58.1 Å². The lowest BCUT2D eigenvalue weighted by Crippen LogP contribution is -2.44. The fraction of sp³-hybridized carbons (Fsp3) is 0.550. The molecule has 2 atom stereocenters. The van der Waals surface area contributed by atoms with Gasteiger partial charge in [-0.2, -0.15) is 5.10 Å². The van der Waals surface area contributed by atoms with Crippen molar-refractivity contribution in [2.24, 2.45) is 13.0 Å².